The van der Waals surface area contributed by atoms with Gasteiger partial charge in [0.15, 0.2) is 0 Å². The number of ether oxygens (including phenoxy) is 1. The molecule has 78 valence electrons. The van der Waals surface area contributed by atoms with E-state index in [1.807, 2.05) is 7.05 Å². The van der Waals surface area contributed by atoms with Crippen LogP contribution in [0.3, 0.4) is 0 Å². The van der Waals surface area contributed by atoms with Crippen LogP contribution in [0.2, 0.25) is 0 Å². The predicted molar refractivity (Wildman–Crippen MR) is 55.0 cm³/mol. The highest BCUT2D eigenvalue weighted by Gasteiger charge is 2.20. The van der Waals surface area contributed by atoms with Crippen molar-refractivity contribution in [2.75, 3.05) is 26.7 Å². The molecule has 2 N–H and O–H groups in total. The van der Waals surface area contributed by atoms with Crippen molar-refractivity contribution >= 4 is 0 Å². The van der Waals surface area contributed by atoms with Gasteiger partial charge in [-0.1, -0.05) is 0 Å². The lowest BCUT2D eigenvalue weighted by Crippen LogP contribution is -2.28. The molecule has 0 spiro atoms. The Morgan fingerprint density at radius 1 is 1.31 bits per heavy atom. The van der Waals surface area contributed by atoms with E-state index in [1.54, 1.807) is 0 Å². The molecule has 13 heavy (non-hydrogen) atoms. The van der Waals surface area contributed by atoms with Crippen molar-refractivity contribution in [3.63, 3.8) is 0 Å². The van der Waals surface area contributed by atoms with Crippen LogP contribution in [0.1, 0.15) is 26.2 Å². The van der Waals surface area contributed by atoms with Crippen molar-refractivity contribution in [1.82, 2.24) is 10.6 Å². The van der Waals surface area contributed by atoms with Crippen LogP contribution in [-0.2, 0) is 4.74 Å². The van der Waals surface area contributed by atoms with Crippen LogP contribution in [-0.4, -0.2) is 38.9 Å². The van der Waals surface area contributed by atoms with Crippen molar-refractivity contribution in [1.29, 1.82) is 0 Å². The maximum Gasteiger partial charge on any atom is 0.0704 e. The molecular formula is C10H22N2O. The van der Waals surface area contributed by atoms with Gasteiger partial charge in [-0.3, -0.25) is 0 Å². The lowest BCUT2D eigenvalue weighted by molar-refractivity contribution is 0.0561. The molecule has 0 bridgehead atoms. The second-order valence-corrected chi connectivity index (χ2v) is 3.81. The summed E-state index contributed by atoms with van der Waals surface area (Å²) in [5.41, 5.74) is 0. The maximum atomic E-state index is 5.69. The molecule has 0 aromatic carbocycles. The molecule has 0 aromatic heterocycles. The largest absolute Gasteiger partial charge is 0.374 e. The lowest BCUT2D eigenvalue weighted by atomic mass is 10.2. The van der Waals surface area contributed by atoms with Gasteiger partial charge in [-0.05, 0) is 46.3 Å². The second kappa shape index (κ2) is 6.35. The lowest BCUT2D eigenvalue weighted by Gasteiger charge is -2.11. The molecule has 1 saturated heterocycles. The normalized spacial score (nSPS) is 28.2. The van der Waals surface area contributed by atoms with Crippen molar-refractivity contribution in [3.8, 4) is 0 Å². The second-order valence-electron chi connectivity index (χ2n) is 3.81. The third kappa shape index (κ3) is 4.60. The molecule has 1 heterocycles. The smallest absolute Gasteiger partial charge is 0.0704 e. The molecule has 2 unspecified atom stereocenters. The molecule has 0 radical (unpaired) electrons. The van der Waals surface area contributed by atoms with E-state index in [-0.39, 0.29) is 0 Å². The third-order valence-electron chi connectivity index (χ3n) is 2.47. The minimum atomic E-state index is 0.463. The van der Waals surface area contributed by atoms with Crippen molar-refractivity contribution < 1.29 is 4.74 Å². The van der Waals surface area contributed by atoms with E-state index in [1.165, 1.54) is 19.3 Å². The Morgan fingerprint density at radius 3 is 2.77 bits per heavy atom. The summed E-state index contributed by atoms with van der Waals surface area (Å²) in [6.45, 7) is 5.36. The Morgan fingerprint density at radius 2 is 2.15 bits per heavy atom. The van der Waals surface area contributed by atoms with Gasteiger partial charge in [-0.2, -0.15) is 0 Å². The first kappa shape index (κ1) is 11.0. The molecule has 0 amide bonds. The van der Waals surface area contributed by atoms with Gasteiger partial charge in [0.2, 0.25) is 0 Å². The Kier molecular flexibility index (Phi) is 5.35. The fraction of sp³-hybridized carbons (Fsp3) is 1.00. The number of hydrogen-bond acceptors (Lipinski definition) is 3. The molecule has 3 nitrogen and oxygen atoms in total. The van der Waals surface area contributed by atoms with Crippen molar-refractivity contribution in [2.45, 2.75) is 38.4 Å². The summed E-state index contributed by atoms with van der Waals surface area (Å²) in [5, 5.41) is 6.55. The van der Waals surface area contributed by atoms with E-state index in [2.05, 4.69) is 17.6 Å². The highest BCUT2D eigenvalue weighted by Crippen LogP contribution is 2.17. The van der Waals surface area contributed by atoms with Gasteiger partial charge in [0, 0.05) is 6.54 Å². The highest BCUT2D eigenvalue weighted by atomic mass is 16.5. The standard InChI is InChI=1S/C10H22N2O/c1-9-4-5-10(13-9)8-12-7-3-6-11-2/h9-12H,3-8H2,1-2H3. The Bertz CT molecular complexity index is 130. The zero-order valence-electron chi connectivity index (χ0n) is 8.81. The van der Waals surface area contributed by atoms with Crippen molar-refractivity contribution in [2.24, 2.45) is 0 Å². The first-order valence-electron chi connectivity index (χ1n) is 5.33. The summed E-state index contributed by atoms with van der Waals surface area (Å²) in [6.07, 6.45) is 4.58. The molecule has 1 rings (SSSR count). The first-order valence-corrected chi connectivity index (χ1v) is 5.33. The first-order chi connectivity index (χ1) is 6.33. The summed E-state index contributed by atoms with van der Waals surface area (Å²) in [4.78, 5) is 0. The van der Waals surface area contributed by atoms with Gasteiger partial charge in [-0.15, -0.1) is 0 Å². The summed E-state index contributed by atoms with van der Waals surface area (Å²) >= 11 is 0. The van der Waals surface area contributed by atoms with Crippen LogP contribution in [0.15, 0.2) is 0 Å². The molecule has 3 heteroatoms. The van der Waals surface area contributed by atoms with Gasteiger partial charge in [0.05, 0.1) is 12.2 Å². The van der Waals surface area contributed by atoms with Gasteiger partial charge in [0.1, 0.15) is 0 Å². The third-order valence-corrected chi connectivity index (χ3v) is 2.47. The van der Waals surface area contributed by atoms with Crippen LogP contribution < -0.4 is 10.6 Å². The predicted octanol–water partition coefficient (Wildman–Crippen LogP) is 0.753. The van der Waals surface area contributed by atoms with Gasteiger partial charge in [-0.25, -0.2) is 0 Å². The Balaban J connectivity index is 1.88. The summed E-state index contributed by atoms with van der Waals surface area (Å²) < 4.78 is 5.69. The minimum absolute atomic E-state index is 0.463. The number of nitrogens with one attached hydrogen (secondary N) is 2. The molecular weight excluding hydrogens is 164 g/mol. The fourth-order valence-electron chi connectivity index (χ4n) is 1.69. The van der Waals surface area contributed by atoms with Gasteiger partial charge < -0.3 is 15.4 Å². The molecule has 1 aliphatic rings. The SMILES string of the molecule is CNCCCNCC1CCC(C)O1. The van der Waals surface area contributed by atoms with Crippen LogP contribution >= 0.6 is 0 Å². The molecule has 1 fully saturated rings. The zero-order chi connectivity index (χ0) is 9.52. The maximum absolute atomic E-state index is 5.69. The molecule has 1 aliphatic heterocycles. The van der Waals surface area contributed by atoms with Crippen LogP contribution in [0.4, 0.5) is 0 Å². The summed E-state index contributed by atoms with van der Waals surface area (Å²) in [6, 6.07) is 0. The summed E-state index contributed by atoms with van der Waals surface area (Å²) in [5.74, 6) is 0. The Hall–Kier alpha value is -0.120. The summed E-state index contributed by atoms with van der Waals surface area (Å²) in [7, 11) is 1.99. The monoisotopic (exact) mass is 186 g/mol. The van der Waals surface area contributed by atoms with Gasteiger partial charge >= 0.3 is 0 Å². The fourth-order valence-corrected chi connectivity index (χ4v) is 1.69. The number of hydrogen-bond donors (Lipinski definition) is 2. The van der Waals surface area contributed by atoms with Crippen LogP contribution in [0, 0.1) is 0 Å². The van der Waals surface area contributed by atoms with E-state index in [9.17, 15) is 0 Å². The average Bonchev–Trinajstić information content (AvgIpc) is 2.51. The molecule has 0 saturated carbocycles. The molecule has 2 atom stereocenters. The van der Waals surface area contributed by atoms with E-state index in [0.29, 0.717) is 12.2 Å². The van der Waals surface area contributed by atoms with Crippen LogP contribution in [0.5, 0.6) is 0 Å². The van der Waals surface area contributed by atoms with E-state index >= 15 is 0 Å². The number of rotatable bonds is 6. The molecule has 0 aromatic rings. The van der Waals surface area contributed by atoms with Crippen molar-refractivity contribution in [3.05, 3.63) is 0 Å². The topological polar surface area (TPSA) is 33.3 Å². The highest BCUT2D eigenvalue weighted by molar-refractivity contribution is 4.72. The Labute approximate surface area is 81.2 Å². The zero-order valence-corrected chi connectivity index (χ0v) is 8.81. The van der Waals surface area contributed by atoms with E-state index in [0.717, 1.165) is 19.6 Å². The van der Waals surface area contributed by atoms with E-state index in [4.69, 9.17) is 4.74 Å². The van der Waals surface area contributed by atoms with Gasteiger partial charge in [0.25, 0.3) is 0 Å². The van der Waals surface area contributed by atoms with Crippen LogP contribution in [0.25, 0.3) is 0 Å². The quantitative estimate of drug-likeness (QED) is 0.601. The molecule has 0 aliphatic carbocycles. The van der Waals surface area contributed by atoms with E-state index < -0.39 is 0 Å². The minimum Gasteiger partial charge on any atom is -0.374 e. The average molecular weight is 186 g/mol.